The normalized spacial score (nSPS) is 16.0. The fourth-order valence-electron chi connectivity index (χ4n) is 2.60. The fraction of sp³-hybridized carbons (Fsp3) is 0.562. The summed E-state index contributed by atoms with van der Waals surface area (Å²) in [5.41, 5.74) is 0.623. The second-order valence-corrected chi connectivity index (χ2v) is 6.31. The van der Waals surface area contributed by atoms with Gasteiger partial charge in [0.25, 0.3) is 0 Å². The van der Waals surface area contributed by atoms with Crippen LogP contribution < -0.4 is 10.6 Å². The molecule has 1 fully saturated rings. The summed E-state index contributed by atoms with van der Waals surface area (Å²) in [6.45, 7) is 6.70. The van der Waals surface area contributed by atoms with Crippen LogP contribution in [0, 0.1) is 5.92 Å². The van der Waals surface area contributed by atoms with Gasteiger partial charge in [0.05, 0.1) is 6.20 Å². The first-order chi connectivity index (χ1) is 11.1. The molecule has 0 bridgehead atoms. The molecule has 7 heteroatoms. The van der Waals surface area contributed by atoms with Crippen molar-refractivity contribution in [3.05, 3.63) is 24.4 Å². The lowest BCUT2D eigenvalue weighted by atomic mass is 9.98. The molecule has 0 radical (unpaired) electrons. The van der Waals surface area contributed by atoms with Crippen molar-refractivity contribution in [3.63, 3.8) is 0 Å². The number of rotatable bonds is 4. The SMILES string of the molecule is CC(C)CNC(=O)n1ccc(-c2cnc(C3CCNCC3)o2)n1. The van der Waals surface area contributed by atoms with Crippen LogP contribution in [0.25, 0.3) is 11.5 Å². The van der Waals surface area contributed by atoms with Crippen LogP contribution in [0.5, 0.6) is 0 Å². The van der Waals surface area contributed by atoms with Gasteiger partial charge in [-0.15, -0.1) is 0 Å². The zero-order valence-corrected chi connectivity index (χ0v) is 13.6. The van der Waals surface area contributed by atoms with Gasteiger partial charge in [-0.2, -0.15) is 9.78 Å². The van der Waals surface area contributed by atoms with Gasteiger partial charge in [-0.05, 0) is 37.9 Å². The molecule has 1 aliphatic heterocycles. The molecule has 7 nitrogen and oxygen atoms in total. The third kappa shape index (κ3) is 3.79. The van der Waals surface area contributed by atoms with Crippen molar-refractivity contribution in [2.45, 2.75) is 32.6 Å². The first-order valence-electron chi connectivity index (χ1n) is 8.14. The highest BCUT2D eigenvalue weighted by atomic mass is 16.4. The van der Waals surface area contributed by atoms with E-state index in [4.69, 9.17) is 4.42 Å². The minimum absolute atomic E-state index is 0.233. The Labute approximate surface area is 135 Å². The van der Waals surface area contributed by atoms with E-state index in [1.54, 1.807) is 18.5 Å². The number of carbonyl (C=O) groups is 1. The van der Waals surface area contributed by atoms with Gasteiger partial charge in [0, 0.05) is 18.7 Å². The van der Waals surface area contributed by atoms with Crippen LogP contribution >= 0.6 is 0 Å². The van der Waals surface area contributed by atoms with E-state index in [0.717, 1.165) is 31.8 Å². The highest BCUT2D eigenvalue weighted by molar-refractivity contribution is 5.76. The van der Waals surface area contributed by atoms with Crippen LogP contribution in [0.2, 0.25) is 0 Å². The molecule has 3 rings (SSSR count). The predicted octanol–water partition coefficient (Wildman–Crippen LogP) is 2.22. The Morgan fingerprint density at radius 3 is 3.00 bits per heavy atom. The number of piperidine rings is 1. The second kappa shape index (κ2) is 6.95. The number of nitrogens with zero attached hydrogens (tertiary/aromatic N) is 3. The van der Waals surface area contributed by atoms with Crippen LogP contribution in [0.1, 0.15) is 38.5 Å². The Balaban J connectivity index is 1.68. The fourth-order valence-corrected chi connectivity index (χ4v) is 2.60. The van der Waals surface area contributed by atoms with Gasteiger partial charge in [0.2, 0.25) is 0 Å². The van der Waals surface area contributed by atoms with Crippen molar-refractivity contribution in [3.8, 4) is 11.5 Å². The Hall–Kier alpha value is -2.15. The lowest BCUT2D eigenvalue weighted by Crippen LogP contribution is -2.31. The number of oxazole rings is 1. The predicted molar refractivity (Wildman–Crippen MR) is 86.2 cm³/mol. The summed E-state index contributed by atoms with van der Waals surface area (Å²) in [4.78, 5) is 16.4. The molecule has 2 N–H and O–H groups in total. The molecule has 2 aromatic rings. The van der Waals surface area contributed by atoms with E-state index in [2.05, 4.69) is 20.7 Å². The van der Waals surface area contributed by atoms with E-state index in [1.165, 1.54) is 4.68 Å². The lowest BCUT2D eigenvalue weighted by molar-refractivity contribution is 0.238. The quantitative estimate of drug-likeness (QED) is 0.903. The summed E-state index contributed by atoms with van der Waals surface area (Å²) >= 11 is 0. The van der Waals surface area contributed by atoms with Gasteiger partial charge in [0.15, 0.2) is 11.7 Å². The van der Waals surface area contributed by atoms with Crippen molar-refractivity contribution < 1.29 is 9.21 Å². The van der Waals surface area contributed by atoms with Gasteiger partial charge < -0.3 is 15.1 Å². The third-order valence-electron chi connectivity index (χ3n) is 3.92. The number of carbonyl (C=O) groups excluding carboxylic acids is 1. The number of aromatic nitrogens is 3. The average Bonchev–Trinajstić information content (AvgIpc) is 3.22. The van der Waals surface area contributed by atoms with Crippen molar-refractivity contribution in [2.75, 3.05) is 19.6 Å². The zero-order chi connectivity index (χ0) is 16.2. The van der Waals surface area contributed by atoms with Gasteiger partial charge in [-0.25, -0.2) is 9.78 Å². The molecular weight excluding hydrogens is 294 g/mol. The number of hydrogen-bond donors (Lipinski definition) is 2. The monoisotopic (exact) mass is 317 g/mol. The molecule has 0 aromatic carbocycles. The topological polar surface area (TPSA) is 85.0 Å². The zero-order valence-electron chi connectivity index (χ0n) is 13.6. The van der Waals surface area contributed by atoms with Crippen LogP contribution in [-0.4, -0.2) is 40.4 Å². The van der Waals surface area contributed by atoms with E-state index in [9.17, 15) is 4.79 Å². The molecule has 0 spiro atoms. The van der Waals surface area contributed by atoms with Gasteiger partial charge in [0.1, 0.15) is 5.69 Å². The Bertz CT molecular complexity index is 655. The van der Waals surface area contributed by atoms with E-state index >= 15 is 0 Å². The van der Waals surface area contributed by atoms with Crippen LogP contribution in [0.4, 0.5) is 4.79 Å². The number of hydrogen-bond acceptors (Lipinski definition) is 5. The lowest BCUT2D eigenvalue weighted by Gasteiger charge is -2.19. The van der Waals surface area contributed by atoms with E-state index in [1.807, 2.05) is 13.8 Å². The number of nitrogens with one attached hydrogen (secondary N) is 2. The molecule has 1 saturated heterocycles. The smallest absolute Gasteiger partial charge is 0.342 e. The minimum Gasteiger partial charge on any atom is -0.439 e. The standard InChI is InChI=1S/C16H23N5O2/c1-11(2)9-19-16(22)21-8-5-13(20-21)14-10-18-15(23-14)12-3-6-17-7-4-12/h5,8,10-12,17H,3-4,6-7,9H2,1-2H3,(H,19,22). The van der Waals surface area contributed by atoms with E-state index in [-0.39, 0.29) is 6.03 Å². The molecule has 2 aromatic heterocycles. The van der Waals surface area contributed by atoms with Gasteiger partial charge in [-0.3, -0.25) is 0 Å². The summed E-state index contributed by atoms with van der Waals surface area (Å²) in [5.74, 6) is 2.13. The van der Waals surface area contributed by atoms with Crippen molar-refractivity contribution >= 4 is 6.03 Å². The summed E-state index contributed by atoms with van der Waals surface area (Å²) in [6.07, 6.45) is 5.39. The van der Waals surface area contributed by atoms with Crippen LogP contribution in [-0.2, 0) is 0 Å². The molecule has 124 valence electrons. The molecule has 1 aliphatic rings. The van der Waals surface area contributed by atoms with Crippen LogP contribution in [0.15, 0.2) is 22.9 Å². The minimum atomic E-state index is -0.233. The van der Waals surface area contributed by atoms with Crippen molar-refractivity contribution in [2.24, 2.45) is 5.92 Å². The molecule has 3 heterocycles. The maximum Gasteiger partial charge on any atom is 0.342 e. The molecule has 23 heavy (non-hydrogen) atoms. The maximum absolute atomic E-state index is 12.0. The number of amides is 1. The second-order valence-electron chi connectivity index (χ2n) is 6.31. The largest absolute Gasteiger partial charge is 0.439 e. The van der Waals surface area contributed by atoms with E-state index < -0.39 is 0 Å². The highest BCUT2D eigenvalue weighted by Gasteiger charge is 2.21. The first kappa shape index (κ1) is 15.7. The average molecular weight is 317 g/mol. The Morgan fingerprint density at radius 2 is 2.26 bits per heavy atom. The molecule has 0 unspecified atom stereocenters. The van der Waals surface area contributed by atoms with Gasteiger partial charge >= 0.3 is 6.03 Å². The summed E-state index contributed by atoms with van der Waals surface area (Å²) in [6, 6.07) is 1.53. The first-order valence-corrected chi connectivity index (χ1v) is 8.14. The molecule has 0 saturated carbocycles. The van der Waals surface area contributed by atoms with Crippen LogP contribution in [0.3, 0.4) is 0 Å². The van der Waals surface area contributed by atoms with Crippen molar-refractivity contribution in [1.82, 2.24) is 25.4 Å². The van der Waals surface area contributed by atoms with Crippen molar-refractivity contribution in [1.29, 1.82) is 0 Å². The summed E-state index contributed by atoms with van der Waals surface area (Å²) < 4.78 is 7.15. The Kier molecular flexibility index (Phi) is 4.76. The third-order valence-corrected chi connectivity index (χ3v) is 3.92. The summed E-state index contributed by atoms with van der Waals surface area (Å²) in [5, 5.41) is 10.4. The molecular formula is C16H23N5O2. The molecule has 0 aliphatic carbocycles. The van der Waals surface area contributed by atoms with E-state index in [0.29, 0.717) is 29.8 Å². The van der Waals surface area contributed by atoms with Gasteiger partial charge in [-0.1, -0.05) is 13.8 Å². The Morgan fingerprint density at radius 1 is 1.48 bits per heavy atom. The maximum atomic E-state index is 12.0. The summed E-state index contributed by atoms with van der Waals surface area (Å²) in [7, 11) is 0. The molecule has 0 atom stereocenters. The molecule has 1 amide bonds. The highest BCUT2D eigenvalue weighted by Crippen LogP contribution is 2.27.